The maximum atomic E-state index is 12.5. The number of aromatic hydroxyl groups is 1. The predicted molar refractivity (Wildman–Crippen MR) is 105 cm³/mol. The van der Waals surface area contributed by atoms with E-state index in [1.807, 2.05) is 0 Å². The van der Waals surface area contributed by atoms with Crippen LogP contribution in [-0.2, 0) is 6.42 Å². The smallest absolute Gasteiger partial charge is 0.176 e. The lowest BCUT2D eigenvalue weighted by molar-refractivity contribution is 0.0355. The lowest BCUT2D eigenvalue weighted by Crippen LogP contribution is -2.34. The van der Waals surface area contributed by atoms with Crippen LogP contribution in [0.25, 0.3) is 0 Å². The van der Waals surface area contributed by atoms with Crippen LogP contribution < -0.4 is 0 Å². The number of rotatable bonds is 5. The van der Waals surface area contributed by atoms with Crippen molar-refractivity contribution in [2.24, 2.45) is 11.8 Å². The maximum absolute atomic E-state index is 12.5. The molecule has 0 aromatic heterocycles. The normalized spacial score (nSPS) is 27.6. The van der Waals surface area contributed by atoms with Gasteiger partial charge >= 0.3 is 0 Å². The first-order chi connectivity index (χ1) is 12.9. The highest BCUT2D eigenvalue weighted by Crippen LogP contribution is 2.45. The zero-order chi connectivity index (χ0) is 19.0. The highest BCUT2D eigenvalue weighted by atomic mass is 16.3. The molecule has 2 N–H and O–H groups in total. The summed E-state index contributed by atoms with van der Waals surface area (Å²) in [5.74, 6) is 1.19. The molecule has 0 spiro atoms. The summed E-state index contributed by atoms with van der Waals surface area (Å²) in [6.07, 6.45) is 2.35. The van der Waals surface area contributed by atoms with Gasteiger partial charge in [-0.3, -0.25) is 9.69 Å². The molecule has 1 aliphatic carbocycles. The molecule has 27 heavy (non-hydrogen) atoms. The van der Waals surface area contributed by atoms with E-state index in [2.05, 4.69) is 36.1 Å². The summed E-state index contributed by atoms with van der Waals surface area (Å²) in [4.78, 5) is 14.7. The number of ketones is 1. The number of benzene rings is 2. The van der Waals surface area contributed by atoms with Gasteiger partial charge in [0, 0.05) is 25.1 Å². The van der Waals surface area contributed by atoms with Crippen LogP contribution in [0.15, 0.2) is 48.5 Å². The van der Waals surface area contributed by atoms with Gasteiger partial charge in [-0.25, -0.2) is 0 Å². The van der Waals surface area contributed by atoms with E-state index in [-0.39, 0.29) is 11.5 Å². The number of phenolic OH excluding ortho intramolecular Hbond substituents is 1. The molecule has 2 aromatic carbocycles. The van der Waals surface area contributed by atoms with E-state index in [1.54, 1.807) is 24.3 Å². The molecule has 2 aliphatic rings. The van der Waals surface area contributed by atoms with Crippen LogP contribution in [0.5, 0.6) is 5.75 Å². The summed E-state index contributed by atoms with van der Waals surface area (Å²) in [6, 6.07) is 14.9. The summed E-state index contributed by atoms with van der Waals surface area (Å²) in [5, 5.41) is 20.5. The number of aryl methyl sites for hydroxylation is 1. The Morgan fingerprint density at radius 3 is 2.41 bits per heavy atom. The zero-order valence-electron chi connectivity index (χ0n) is 15.8. The van der Waals surface area contributed by atoms with E-state index >= 15 is 0 Å². The standard InChI is InChI=1S/C23H27NO3/c1-16-3-2-4-17(9-16)10-23(27)11-19-13-24(14-20(19)12-23)15-22(26)18-5-7-21(25)8-6-18/h2-9,19-20,25,27H,10-15H2,1H3/t19-,20+,23+. The first-order valence-corrected chi connectivity index (χ1v) is 9.73. The topological polar surface area (TPSA) is 60.8 Å². The van der Waals surface area contributed by atoms with Gasteiger partial charge in [-0.1, -0.05) is 29.8 Å². The number of aliphatic hydroxyl groups is 1. The van der Waals surface area contributed by atoms with Gasteiger partial charge in [0.25, 0.3) is 0 Å². The fourth-order valence-electron chi connectivity index (χ4n) is 4.98. The fourth-order valence-corrected chi connectivity index (χ4v) is 4.98. The number of Topliss-reactive ketones (excluding diaryl/α,β-unsaturated/α-hetero) is 1. The number of hydrogen-bond acceptors (Lipinski definition) is 4. The van der Waals surface area contributed by atoms with Crippen molar-refractivity contribution in [3.63, 3.8) is 0 Å². The quantitative estimate of drug-likeness (QED) is 0.799. The van der Waals surface area contributed by atoms with E-state index < -0.39 is 5.60 Å². The van der Waals surface area contributed by atoms with Crippen LogP contribution in [-0.4, -0.2) is 46.1 Å². The van der Waals surface area contributed by atoms with E-state index in [4.69, 9.17) is 0 Å². The van der Waals surface area contributed by atoms with Gasteiger partial charge in [-0.05, 0) is 61.4 Å². The highest BCUT2D eigenvalue weighted by Gasteiger charge is 2.48. The number of fused-ring (bicyclic) bond motifs is 1. The third kappa shape index (κ3) is 4.07. The summed E-state index contributed by atoms with van der Waals surface area (Å²) in [5.41, 5.74) is 2.46. The van der Waals surface area contributed by atoms with Crippen LogP contribution >= 0.6 is 0 Å². The van der Waals surface area contributed by atoms with Crippen LogP contribution in [0.4, 0.5) is 0 Å². The molecule has 2 aromatic rings. The van der Waals surface area contributed by atoms with Crippen LogP contribution in [0.2, 0.25) is 0 Å². The van der Waals surface area contributed by atoms with Gasteiger partial charge in [-0.15, -0.1) is 0 Å². The minimum absolute atomic E-state index is 0.0880. The Kier molecular flexibility index (Phi) is 4.79. The minimum atomic E-state index is -0.615. The number of carbonyl (C=O) groups is 1. The van der Waals surface area contributed by atoms with Gasteiger partial charge in [0.2, 0.25) is 0 Å². The molecular weight excluding hydrogens is 338 g/mol. The molecule has 1 aliphatic heterocycles. The predicted octanol–water partition coefficient (Wildman–Crippen LogP) is 3.20. The average Bonchev–Trinajstić information content (AvgIpc) is 3.09. The zero-order valence-corrected chi connectivity index (χ0v) is 15.8. The third-order valence-electron chi connectivity index (χ3n) is 6.11. The molecular formula is C23H27NO3. The van der Waals surface area contributed by atoms with Crippen molar-refractivity contribution in [3.8, 4) is 5.75 Å². The molecule has 3 atom stereocenters. The van der Waals surface area contributed by atoms with Gasteiger partial charge in [0.05, 0.1) is 12.1 Å². The second kappa shape index (κ2) is 7.10. The van der Waals surface area contributed by atoms with E-state index in [9.17, 15) is 15.0 Å². The summed E-state index contributed by atoms with van der Waals surface area (Å²) < 4.78 is 0. The average molecular weight is 365 g/mol. The maximum Gasteiger partial charge on any atom is 0.176 e. The molecule has 0 amide bonds. The van der Waals surface area contributed by atoms with Crippen molar-refractivity contribution >= 4 is 5.78 Å². The van der Waals surface area contributed by atoms with E-state index in [1.165, 1.54) is 11.1 Å². The number of likely N-dealkylation sites (tertiary alicyclic amines) is 1. The molecule has 1 heterocycles. The number of carbonyl (C=O) groups excluding carboxylic acids is 1. The minimum Gasteiger partial charge on any atom is -0.508 e. The third-order valence-corrected chi connectivity index (χ3v) is 6.11. The largest absolute Gasteiger partial charge is 0.508 e. The van der Waals surface area contributed by atoms with Crippen molar-refractivity contribution < 1.29 is 15.0 Å². The van der Waals surface area contributed by atoms with Crippen molar-refractivity contribution in [3.05, 3.63) is 65.2 Å². The Labute approximate surface area is 160 Å². The lowest BCUT2D eigenvalue weighted by Gasteiger charge is -2.26. The van der Waals surface area contributed by atoms with Crippen LogP contribution in [0.3, 0.4) is 0 Å². The van der Waals surface area contributed by atoms with E-state index in [0.29, 0.717) is 30.4 Å². The molecule has 1 saturated carbocycles. The first-order valence-electron chi connectivity index (χ1n) is 9.73. The number of hydrogen-bond donors (Lipinski definition) is 2. The van der Waals surface area contributed by atoms with Crippen molar-refractivity contribution in [1.29, 1.82) is 0 Å². The molecule has 4 rings (SSSR count). The first kappa shape index (κ1) is 18.2. The molecule has 0 unspecified atom stereocenters. The second-order valence-electron chi connectivity index (χ2n) is 8.48. The van der Waals surface area contributed by atoms with Crippen molar-refractivity contribution in [1.82, 2.24) is 4.90 Å². The number of phenols is 1. The monoisotopic (exact) mass is 365 g/mol. The highest BCUT2D eigenvalue weighted by molar-refractivity contribution is 5.97. The van der Waals surface area contributed by atoms with Gasteiger partial charge in [0.1, 0.15) is 5.75 Å². The molecule has 2 fully saturated rings. The Hall–Kier alpha value is -2.17. The Bertz CT molecular complexity index is 816. The van der Waals surface area contributed by atoms with Crippen molar-refractivity contribution in [2.45, 2.75) is 31.8 Å². The Morgan fingerprint density at radius 2 is 1.78 bits per heavy atom. The SMILES string of the molecule is Cc1cccc(C[C@@]2(O)C[C@H]3CN(CC(=O)c4ccc(O)cc4)C[C@H]3C2)c1. The summed E-state index contributed by atoms with van der Waals surface area (Å²) in [6.45, 7) is 4.25. The second-order valence-corrected chi connectivity index (χ2v) is 8.48. The molecule has 0 radical (unpaired) electrons. The van der Waals surface area contributed by atoms with Crippen LogP contribution in [0, 0.1) is 18.8 Å². The lowest BCUT2D eigenvalue weighted by atomic mass is 9.91. The molecule has 4 heteroatoms. The fraction of sp³-hybridized carbons (Fsp3) is 0.435. The molecule has 0 bridgehead atoms. The van der Waals surface area contributed by atoms with Gasteiger partial charge in [-0.2, -0.15) is 0 Å². The van der Waals surface area contributed by atoms with Gasteiger partial charge in [0.15, 0.2) is 5.78 Å². The Morgan fingerprint density at radius 1 is 1.11 bits per heavy atom. The molecule has 4 nitrogen and oxygen atoms in total. The molecule has 1 saturated heterocycles. The Balaban J connectivity index is 1.34. The van der Waals surface area contributed by atoms with Gasteiger partial charge < -0.3 is 10.2 Å². The summed E-state index contributed by atoms with van der Waals surface area (Å²) in [7, 11) is 0. The van der Waals surface area contributed by atoms with E-state index in [0.717, 1.165) is 25.9 Å². The summed E-state index contributed by atoms with van der Waals surface area (Å²) >= 11 is 0. The number of nitrogens with zero attached hydrogens (tertiary/aromatic N) is 1. The molecule has 142 valence electrons. The van der Waals surface area contributed by atoms with Crippen LogP contribution in [0.1, 0.15) is 34.3 Å². The van der Waals surface area contributed by atoms with Crippen molar-refractivity contribution in [2.75, 3.05) is 19.6 Å².